The molecule has 0 saturated carbocycles. The minimum absolute atomic E-state index is 0.0636. The van der Waals surface area contributed by atoms with E-state index >= 15 is 0 Å². The summed E-state index contributed by atoms with van der Waals surface area (Å²) in [7, 11) is 0. The summed E-state index contributed by atoms with van der Waals surface area (Å²) in [5, 5.41) is 9.36. The second kappa shape index (κ2) is 4.87. The molecule has 1 aliphatic heterocycles. The van der Waals surface area contributed by atoms with Crippen molar-refractivity contribution in [2.45, 2.75) is 12.3 Å². The molecule has 5 nitrogen and oxygen atoms in total. The maximum absolute atomic E-state index is 12.3. The van der Waals surface area contributed by atoms with Crippen LogP contribution in [-0.4, -0.2) is 27.5 Å². The summed E-state index contributed by atoms with van der Waals surface area (Å²) in [5.41, 5.74) is 2.72. The number of nitrogens with zero attached hydrogens (tertiary/aromatic N) is 2. The Kier molecular flexibility index (Phi) is 2.85. The van der Waals surface area contributed by atoms with Gasteiger partial charge in [0.2, 0.25) is 5.91 Å². The first kappa shape index (κ1) is 12.9. The van der Waals surface area contributed by atoms with Crippen molar-refractivity contribution in [1.29, 1.82) is 0 Å². The molecular formula is C17H15N3O2. The number of phenols is 1. The number of aromatic hydroxyl groups is 1. The van der Waals surface area contributed by atoms with Gasteiger partial charge < -0.3 is 15.0 Å². The topological polar surface area (TPSA) is 69.2 Å². The monoisotopic (exact) mass is 293 g/mol. The number of H-pyrrole nitrogens is 1. The third kappa shape index (κ3) is 2.11. The lowest BCUT2D eigenvalue weighted by molar-refractivity contribution is -0.117. The highest BCUT2D eigenvalue weighted by molar-refractivity contribution is 5.96. The summed E-state index contributed by atoms with van der Waals surface area (Å²) >= 11 is 0. The Morgan fingerprint density at radius 2 is 1.91 bits per heavy atom. The molecule has 0 aliphatic carbocycles. The number of fused-ring (bicyclic) bond motifs is 1. The van der Waals surface area contributed by atoms with E-state index in [0.29, 0.717) is 13.0 Å². The van der Waals surface area contributed by atoms with Crippen LogP contribution in [0.1, 0.15) is 18.2 Å². The van der Waals surface area contributed by atoms with Crippen molar-refractivity contribution < 1.29 is 9.90 Å². The van der Waals surface area contributed by atoms with Crippen LogP contribution in [0, 0.1) is 0 Å². The van der Waals surface area contributed by atoms with Crippen LogP contribution in [0.3, 0.4) is 0 Å². The number of hydrogen-bond donors (Lipinski definition) is 2. The maximum atomic E-state index is 12.3. The summed E-state index contributed by atoms with van der Waals surface area (Å²) in [4.78, 5) is 21.9. The Morgan fingerprint density at radius 3 is 2.68 bits per heavy atom. The number of benzene rings is 2. The van der Waals surface area contributed by atoms with Gasteiger partial charge in [-0.15, -0.1) is 0 Å². The minimum atomic E-state index is 0.0636. The molecule has 0 bridgehead atoms. The van der Waals surface area contributed by atoms with Gasteiger partial charge in [0.25, 0.3) is 0 Å². The van der Waals surface area contributed by atoms with Crippen LogP contribution in [0.2, 0.25) is 0 Å². The lowest BCUT2D eigenvalue weighted by Crippen LogP contribution is -2.24. The quantitative estimate of drug-likeness (QED) is 0.763. The molecule has 4 rings (SSSR count). The predicted octanol–water partition coefficient (Wildman–Crippen LogP) is 2.79. The van der Waals surface area contributed by atoms with Gasteiger partial charge in [0, 0.05) is 24.6 Å². The zero-order chi connectivity index (χ0) is 15.1. The molecule has 1 unspecified atom stereocenters. The molecule has 22 heavy (non-hydrogen) atoms. The molecule has 1 fully saturated rings. The zero-order valence-corrected chi connectivity index (χ0v) is 11.9. The second-order valence-corrected chi connectivity index (χ2v) is 5.56. The lowest BCUT2D eigenvalue weighted by Gasteiger charge is -2.16. The highest BCUT2D eigenvalue weighted by Crippen LogP contribution is 2.31. The number of anilines is 1. The van der Waals surface area contributed by atoms with Gasteiger partial charge in [-0.05, 0) is 36.4 Å². The number of phenolic OH excluding ortho intramolecular Hbond substituents is 1. The first-order valence-electron chi connectivity index (χ1n) is 7.25. The van der Waals surface area contributed by atoms with Gasteiger partial charge in [0.05, 0.1) is 11.0 Å². The summed E-state index contributed by atoms with van der Waals surface area (Å²) in [6.45, 7) is 0.601. The fraction of sp³-hybridized carbons (Fsp3) is 0.176. The molecule has 1 amide bonds. The molecule has 0 spiro atoms. The van der Waals surface area contributed by atoms with Crippen molar-refractivity contribution in [3.63, 3.8) is 0 Å². The van der Waals surface area contributed by atoms with E-state index in [2.05, 4.69) is 9.97 Å². The molecular weight excluding hydrogens is 278 g/mol. The molecule has 1 atom stereocenters. The third-order valence-corrected chi connectivity index (χ3v) is 4.08. The molecule has 1 aromatic heterocycles. The van der Waals surface area contributed by atoms with Gasteiger partial charge in [-0.3, -0.25) is 4.79 Å². The summed E-state index contributed by atoms with van der Waals surface area (Å²) in [6.07, 6.45) is 0.445. The number of amides is 1. The third-order valence-electron chi connectivity index (χ3n) is 4.08. The van der Waals surface area contributed by atoms with Gasteiger partial charge in [-0.25, -0.2) is 4.98 Å². The molecule has 2 aromatic carbocycles. The van der Waals surface area contributed by atoms with Gasteiger partial charge >= 0.3 is 0 Å². The number of aromatic amines is 1. The van der Waals surface area contributed by atoms with E-state index in [1.807, 2.05) is 24.3 Å². The Labute approximate surface area is 127 Å². The number of rotatable bonds is 2. The number of carbonyl (C=O) groups is 1. The van der Waals surface area contributed by atoms with Crippen LogP contribution in [-0.2, 0) is 4.79 Å². The smallest absolute Gasteiger partial charge is 0.227 e. The predicted molar refractivity (Wildman–Crippen MR) is 83.9 cm³/mol. The van der Waals surface area contributed by atoms with Crippen LogP contribution in [0.5, 0.6) is 5.75 Å². The lowest BCUT2D eigenvalue weighted by atomic mass is 10.1. The van der Waals surface area contributed by atoms with E-state index in [9.17, 15) is 9.90 Å². The molecule has 5 heteroatoms. The summed E-state index contributed by atoms with van der Waals surface area (Å²) in [6, 6.07) is 14.6. The zero-order valence-electron chi connectivity index (χ0n) is 11.9. The Morgan fingerprint density at radius 1 is 1.14 bits per heavy atom. The number of aromatic nitrogens is 2. The van der Waals surface area contributed by atoms with Crippen LogP contribution in [0.15, 0.2) is 48.5 Å². The Hall–Kier alpha value is -2.82. The fourth-order valence-electron chi connectivity index (χ4n) is 2.94. The van der Waals surface area contributed by atoms with Crippen molar-refractivity contribution in [2.24, 2.45) is 0 Å². The molecule has 0 radical (unpaired) electrons. The SMILES string of the molecule is O=C1CC(c2nc3ccccc3[nH]2)CN1c1ccc(O)cc1. The highest BCUT2D eigenvalue weighted by Gasteiger charge is 2.33. The number of imidazole rings is 1. The summed E-state index contributed by atoms with van der Waals surface area (Å²) in [5.74, 6) is 1.20. The van der Waals surface area contributed by atoms with Crippen molar-refractivity contribution in [1.82, 2.24) is 9.97 Å². The van der Waals surface area contributed by atoms with Crippen LogP contribution in [0.25, 0.3) is 11.0 Å². The van der Waals surface area contributed by atoms with E-state index < -0.39 is 0 Å². The van der Waals surface area contributed by atoms with Crippen molar-refractivity contribution in [2.75, 3.05) is 11.4 Å². The fourth-order valence-corrected chi connectivity index (χ4v) is 2.94. The highest BCUT2D eigenvalue weighted by atomic mass is 16.3. The minimum Gasteiger partial charge on any atom is -0.508 e. The van der Waals surface area contributed by atoms with E-state index in [1.165, 1.54) is 0 Å². The Bertz CT molecular complexity index is 805. The maximum Gasteiger partial charge on any atom is 0.227 e. The molecule has 1 aliphatic rings. The number of para-hydroxylation sites is 2. The second-order valence-electron chi connectivity index (χ2n) is 5.56. The normalized spacial score (nSPS) is 18.3. The van der Waals surface area contributed by atoms with Crippen LogP contribution >= 0.6 is 0 Å². The molecule has 2 heterocycles. The number of carbonyl (C=O) groups excluding carboxylic acids is 1. The van der Waals surface area contributed by atoms with Crippen LogP contribution in [0.4, 0.5) is 5.69 Å². The van der Waals surface area contributed by atoms with Gasteiger partial charge in [-0.2, -0.15) is 0 Å². The van der Waals surface area contributed by atoms with E-state index in [4.69, 9.17) is 0 Å². The van der Waals surface area contributed by atoms with Gasteiger partial charge in [0.15, 0.2) is 0 Å². The van der Waals surface area contributed by atoms with E-state index in [-0.39, 0.29) is 17.6 Å². The molecule has 1 saturated heterocycles. The van der Waals surface area contributed by atoms with Crippen LogP contribution < -0.4 is 4.90 Å². The molecule has 110 valence electrons. The van der Waals surface area contributed by atoms with Gasteiger partial charge in [0.1, 0.15) is 11.6 Å². The van der Waals surface area contributed by atoms with Crippen molar-refractivity contribution >= 4 is 22.6 Å². The number of hydrogen-bond acceptors (Lipinski definition) is 3. The van der Waals surface area contributed by atoms with Gasteiger partial charge in [-0.1, -0.05) is 12.1 Å². The first-order chi connectivity index (χ1) is 10.7. The number of nitrogens with one attached hydrogen (secondary N) is 1. The largest absolute Gasteiger partial charge is 0.508 e. The summed E-state index contributed by atoms with van der Waals surface area (Å²) < 4.78 is 0. The van der Waals surface area contributed by atoms with Crippen molar-refractivity contribution in [3.05, 3.63) is 54.4 Å². The first-order valence-corrected chi connectivity index (χ1v) is 7.25. The van der Waals surface area contributed by atoms with Crippen molar-refractivity contribution in [3.8, 4) is 5.75 Å². The Balaban J connectivity index is 1.62. The average Bonchev–Trinajstić information content (AvgIpc) is 3.11. The molecule has 3 aromatic rings. The van der Waals surface area contributed by atoms with E-state index in [1.54, 1.807) is 29.2 Å². The molecule has 2 N–H and O–H groups in total. The van der Waals surface area contributed by atoms with E-state index in [0.717, 1.165) is 22.5 Å². The standard InChI is InChI=1S/C17H15N3O2/c21-13-7-5-12(6-8-13)20-10-11(9-16(20)22)17-18-14-3-1-2-4-15(14)19-17/h1-8,11,21H,9-10H2,(H,18,19). The average molecular weight is 293 g/mol.